The summed E-state index contributed by atoms with van der Waals surface area (Å²) in [5, 5.41) is 1.79. The van der Waals surface area contributed by atoms with Crippen LogP contribution in [0.2, 0.25) is 5.02 Å². The van der Waals surface area contributed by atoms with E-state index in [-0.39, 0.29) is 24.2 Å². The summed E-state index contributed by atoms with van der Waals surface area (Å²) in [7, 11) is 0. The van der Waals surface area contributed by atoms with Gasteiger partial charge in [-0.3, -0.25) is 9.78 Å². The fraction of sp³-hybridized carbons (Fsp3) is 0.350. The van der Waals surface area contributed by atoms with Gasteiger partial charge in [0.1, 0.15) is 27.9 Å². The molecule has 1 aliphatic heterocycles. The highest BCUT2D eigenvalue weighted by atomic mass is 35.5. The number of pyridine rings is 1. The summed E-state index contributed by atoms with van der Waals surface area (Å²) in [5.41, 5.74) is 3.05. The number of urea groups is 1. The Kier molecular flexibility index (Phi) is 5.88. The standard InChI is InChI=1S/C20H19ClF4N4O2/c1-19(17(30)27-7-8-29(19)18(26)31)14(11-4-5-12(22)15(21)16(11)23)10-3-6-13(28-9-10)20(2,24)25/h3-6,9,14H,7-8H2,1-2H3,(H2,26,31)(H,27,30)/t14-,19?/m1/s1. The van der Waals surface area contributed by atoms with E-state index in [0.717, 1.165) is 29.3 Å². The summed E-state index contributed by atoms with van der Waals surface area (Å²) in [4.78, 5) is 29.9. The Morgan fingerprint density at radius 3 is 2.55 bits per heavy atom. The maximum atomic E-state index is 15.1. The van der Waals surface area contributed by atoms with Crippen LogP contribution in [0.15, 0.2) is 30.5 Å². The Morgan fingerprint density at radius 2 is 2.00 bits per heavy atom. The van der Waals surface area contributed by atoms with Gasteiger partial charge in [-0.25, -0.2) is 13.6 Å². The van der Waals surface area contributed by atoms with E-state index in [9.17, 15) is 22.8 Å². The van der Waals surface area contributed by atoms with Crippen LogP contribution in [-0.2, 0) is 10.7 Å². The molecule has 2 aromatic rings. The molecule has 0 saturated carbocycles. The van der Waals surface area contributed by atoms with E-state index in [0.29, 0.717) is 6.92 Å². The van der Waals surface area contributed by atoms with Crippen LogP contribution in [0.5, 0.6) is 0 Å². The molecule has 1 aromatic heterocycles. The highest BCUT2D eigenvalue weighted by Gasteiger charge is 2.52. The van der Waals surface area contributed by atoms with E-state index in [1.54, 1.807) is 0 Å². The molecule has 2 atom stereocenters. The number of piperazine rings is 1. The third-order valence-corrected chi connectivity index (χ3v) is 5.76. The van der Waals surface area contributed by atoms with Crippen LogP contribution < -0.4 is 11.1 Å². The van der Waals surface area contributed by atoms with Crippen molar-refractivity contribution in [3.05, 3.63) is 63.9 Å². The van der Waals surface area contributed by atoms with Crippen molar-refractivity contribution >= 4 is 23.5 Å². The zero-order valence-electron chi connectivity index (χ0n) is 16.6. The SMILES string of the molecule is CC(F)(F)c1ccc([C@H](c2ccc(F)c(Cl)c2F)C2(C)C(=O)NCCN2C(N)=O)cn1. The van der Waals surface area contributed by atoms with Gasteiger partial charge in [0.15, 0.2) is 0 Å². The number of amides is 3. The van der Waals surface area contributed by atoms with E-state index in [1.807, 2.05) is 0 Å². The number of primary amides is 1. The molecule has 0 spiro atoms. The Labute approximate surface area is 180 Å². The number of carbonyl (C=O) groups excluding carboxylic acids is 2. The maximum absolute atomic E-state index is 15.1. The molecule has 3 rings (SSSR count). The molecule has 1 unspecified atom stereocenters. The van der Waals surface area contributed by atoms with Gasteiger partial charge in [0.25, 0.3) is 5.92 Å². The summed E-state index contributed by atoms with van der Waals surface area (Å²) in [6.07, 6.45) is 1.06. The Hall–Kier alpha value is -2.88. The minimum absolute atomic E-state index is 0.0170. The Bertz CT molecular complexity index is 1030. The van der Waals surface area contributed by atoms with E-state index in [2.05, 4.69) is 10.3 Å². The van der Waals surface area contributed by atoms with Gasteiger partial charge in [-0.1, -0.05) is 23.7 Å². The highest BCUT2D eigenvalue weighted by molar-refractivity contribution is 6.31. The number of alkyl halides is 2. The van der Waals surface area contributed by atoms with Gasteiger partial charge in [0.05, 0.1) is 0 Å². The van der Waals surface area contributed by atoms with Gasteiger partial charge in [0, 0.05) is 37.7 Å². The lowest BCUT2D eigenvalue weighted by molar-refractivity contribution is -0.134. The zero-order chi connectivity index (χ0) is 23.1. The molecule has 1 saturated heterocycles. The zero-order valence-corrected chi connectivity index (χ0v) is 17.3. The number of nitrogens with one attached hydrogen (secondary N) is 1. The summed E-state index contributed by atoms with van der Waals surface area (Å²) in [6, 6.07) is 3.32. The first-order valence-electron chi connectivity index (χ1n) is 9.22. The average Bonchev–Trinajstić information content (AvgIpc) is 2.70. The minimum Gasteiger partial charge on any atom is -0.352 e. The Balaban J connectivity index is 2.28. The molecule has 3 N–H and O–H groups in total. The number of carbonyl (C=O) groups is 2. The second kappa shape index (κ2) is 7.99. The van der Waals surface area contributed by atoms with Crippen LogP contribution in [0.4, 0.5) is 22.4 Å². The van der Waals surface area contributed by atoms with Crippen LogP contribution in [0.3, 0.4) is 0 Å². The van der Waals surface area contributed by atoms with Gasteiger partial charge in [0.2, 0.25) is 5.91 Å². The van der Waals surface area contributed by atoms with Crippen LogP contribution in [-0.4, -0.2) is 40.5 Å². The van der Waals surface area contributed by atoms with E-state index >= 15 is 4.39 Å². The van der Waals surface area contributed by atoms with Crippen molar-refractivity contribution in [1.82, 2.24) is 15.2 Å². The molecular formula is C20H19ClF4N4O2. The molecule has 0 aliphatic carbocycles. The van der Waals surface area contributed by atoms with Crippen molar-refractivity contribution in [2.24, 2.45) is 5.73 Å². The number of nitrogens with two attached hydrogens (primary N) is 1. The van der Waals surface area contributed by atoms with Gasteiger partial charge < -0.3 is 16.0 Å². The molecule has 0 bridgehead atoms. The minimum atomic E-state index is -3.23. The Morgan fingerprint density at radius 1 is 1.32 bits per heavy atom. The highest BCUT2D eigenvalue weighted by Crippen LogP contribution is 2.43. The predicted octanol–water partition coefficient (Wildman–Crippen LogP) is 3.53. The molecule has 2 heterocycles. The number of hydrogen-bond acceptors (Lipinski definition) is 3. The summed E-state index contributed by atoms with van der Waals surface area (Å²) in [5.74, 6) is -7.35. The molecule has 11 heteroatoms. The fourth-order valence-corrected chi connectivity index (χ4v) is 4.02. The van der Waals surface area contributed by atoms with Gasteiger partial charge in [-0.15, -0.1) is 0 Å². The number of halogens is 5. The van der Waals surface area contributed by atoms with Crippen molar-refractivity contribution in [2.75, 3.05) is 13.1 Å². The fourth-order valence-electron chi connectivity index (χ4n) is 3.85. The van der Waals surface area contributed by atoms with Crippen LogP contribution in [0.1, 0.15) is 36.6 Å². The monoisotopic (exact) mass is 458 g/mol. The number of benzene rings is 1. The summed E-state index contributed by atoms with van der Waals surface area (Å²) in [6.45, 7) is 2.14. The molecule has 3 amide bonds. The van der Waals surface area contributed by atoms with Crippen molar-refractivity contribution in [2.45, 2.75) is 31.2 Å². The molecule has 31 heavy (non-hydrogen) atoms. The topological polar surface area (TPSA) is 88.3 Å². The van der Waals surface area contributed by atoms with Crippen LogP contribution in [0, 0.1) is 11.6 Å². The number of rotatable bonds is 4. The van der Waals surface area contributed by atoms with E-state index in [1.165, 1.54) is 13.0 Å². The number of hydrogen-bond donors (Lipinski definition) is 2. The van der Waals surface area contributed by atoms with Crippen molar-refractivity contribution in [3.63, 3.8) is 0 Å². The quantitative estimate of drug-likeness (QED) is 0.542. The molecule has 1 aliphatic rings. The average molecular weight is 459 g/mol. The van der Waals surface area contributed by atoms with Crippen molar-refractivity contribution < 1.29 is 27.2 Å². The van der Waals surface area contributed by atoms with Gasteiger partial charge >= 0.3 is 6.03 Å². The lowest BCUT2D eigenvalue weighted by Crippen LogP contribution is -2.68. The smallest absolute Gasteiger partial charge is 0.315 e. The molecule has 166 valence electrons. The lowest BCUT2D eigenvalue weighted by atomic mass is 9.73. The second-order valence-corrected chi connectivity index (χ2v) is 7.83. The molecule has 1 aromatic carbocycles. The first kappa shape index (κ1) is 22.8. The molecule has 0 radical (unpaired) electrons. The maximum Gasteiger partial charge on any atom is 0.315 e. The molecule has 6 nitrogen and oxygen atoms in total. The van der Waals surface area contributed by atoms with Crippen LogP contribution in [0.25, 0.3) is 0 Å². The third-order valence-electron chi connectivity index (χ3n) is 5.42. The largest absolute Gasteiger partial charge is 0.352 e. The van der Waals surface area contributed by atoms with Crippen LogP contribution >= 0.6 is 11.6 Å². The van der Waals surface area contributed by atoms with Gasteiger partial charge in [-0.2, -0.15) is 8.78 Å². The van der Waals surface area contributed by atoms with Crippen molar-refractivity contribution in [1.29, 1.82) is 0 Å². The lowest BCUT2D eigenvalue weighted by Gasteiger charge is -2.47. The first-order chi connectivity index (χ1) is 14.4. The molecular weight excluding hydrogens is 440 g/mol. The van der Waals surface area contributed by atoms with Crippen molar-refractivity contribution in [3.8, 4) is 0 Å². The van der Waals surface area contributed by atoms with E-state index < -0.39 is 51.7 Å². The third kappa shape index (κ3) is 3.91. The second-order valence-electron chi connectivity index (χ2n) is 7.46. The summed E-state index contributed by atoms with van der Waals surface area (Å²) < 4.78 is 56.1. The number of aromatic nitrogens is 1. The van der Waals surface area contributed by atoms with E-state index in [4.69, 9.17) is 17.3 Å². The summed E-state index contributed by atoms with van der Waals surface area (Å²) >= 11 is 5.75. The van der Waals surface area contributed by atoms with Gasteiger partial charge in [-0.05, 0) is 24.6 Å². The predicted molar refractivity (Wildman–Crippen MR) is 105 cm³/mol. The first-order valence-corrected chi connectivity index (χ1v) is 9.59. The normalized spacial score (nSPS) is 20.4. The number of nitrogens with zero attached hydrogens (tertiary/aromatic N) is 2. The molecule has 1 fully saturated rings.